The Morgan fingerprint density at radius 2 is 2.16 bits per heavy atom. The molecule has 1 aromatic rings. The second-order valence-corrected chi connectivity index (χ2v) is 4.67. The third kappa shape index (κ3) is 4.55. The second kappa shape index (κ2) is 7.13. The van der Waals surface area contributed by atoms with Gasteiger partial charge in [0.25, 0.3) is 0 Å². The van der Waals surface area contributed by atoms with Crippen molar-refractivity contribution in [3.63, 3.8) is 0 Å². The van der Waals surface area contributed by atoms with Crippen LogP contribution < -0.4 is 11.1 Å². The van der Waals surface area contributed by atoms with Gasteiger partial charge in [0.15, 0.2) is 0 Å². The quantitative estimate of drug-likeness (QED) is 0.789. The summed E-state index contributed by atoms with van der Waals surface area (Å²) in [6, 6.07) is 3.09. The third-order valence-electron chi connectivity index (χ3n) is 2.70. The zero-order valence-electron chi connectivity index (χ0n) is 10.6. The maximum atomic E-state index is 13.4. The van der Waals surface area contributed by atoms with Gasteiger partial charge in [-0.15, -0.1) is 0 Å². The molecule has 1 rings (SSSR count). The lowest BCUT2D eigenvalue weighted by Crippen LogP contribution is -2.37. The Hall–Kier alpha value is -1.56. The smallest absolute Gasteiger partial charge is 0.230 e. The Labute approximate surface area is 116 Å². The fraction of sp³-hybridized carbons (Fsp3) is 0.385. The molecule has 0 saturated carbocycles. The van der Waals surface area contributed by atoms with Crippen molar-refractivity contribution >= 4 is 23.1 Å². The van der Waals surface area contributed by atoms with Crippen LogP contribution in [0.4, 0.5) is 8.78 Å². The first-order valence-electron chi connectivity index (χ1n) is 5.96. The second-order valence-electron chi connectivity index (χ2n) is 4.20. The van der Waals surface area contributed by atoms with Gasteiger partial charge in [0, 0.05) is 12.1 Å². The van der Waals surface area contributed by atoms with Crippen LogP contribution in [0.5, 0.6) is 0 Å². The van der Waals surface area contributed by atoms with E-state index in [9.17, 15) is 13.6 Å². The Morgan fingerprint density at radius 3 is 2.74 bits per heavy atom. The van der Waals surface area contributed by atoms with Gasteiger partial charge in [-0.25, -0.2) is 8.78 Å². The number of rotatable bonds is 6. The molecule has 0 aliphatic rings. The number of amides is 1. The molecule has 0 heterocycles. The van der Waals surface area contributed by atoms with Gasteiger partial charge in [0.2, 0.25) is 5.91 Å². The van der Waals surface area contributed by atoms with Crippen LogP contribution in [0.1, 0.15) is 25.3 Å². The number of carbonyl (C=O) groups excluding carboxylic acids is 1. The van der Waals surface area contributed by atoms with Crippen LogP contribution in [0, 0.1) is 17.6 Å². The molecule has 1 amide bonds. The minimum absolute atomic E-state index is 0.0894. The lowest BCUT2D eigenvalue weighted by molar-refractivity contribution is -0.123. The summed E-state index contributed by atoms with van der Waals surface area (Å²) < 4.78 is 26.3. The Bertz CT molecular complexity index is 480. The minimum Gasteiger partial charge on any atom is -0.393 e. The molecular weight excluding hydrogens is 270 g/mol. The first kappa shape index (κ1) is 15.5. The number of carbonyl (C=O) groups is 1. The summed E-state index contributed by atoms with van der Waals surface area (Å²) in [6.07, 6.45) is 1.29. The molecular formula is C13H16F2N2OS. The average molecular weight is 286 g/mol. The SMILES string of the molecule is CCCC(C(=O)NCc1cc(F)ccc1F)C(N)=S. The molecule has 0 aliphatic carbocycles. The lowest BCUT2D eigenvalue weighted by atomic mass is 10.0. The van der Waals surface area contributed by atoms with Crippen molar-refractivity contribution in [1.82, 2.24) is 5.32 Å². The van der Waals surface area contributed by atoms with E-state index in [0.717, 1.165) is 24.6 Å². The normalized spacial score (nSPS) is 11.9. The Balaban J connectivity index is 2.67. The summed E-state index contributed by atoms with van der Waals surface area (Å²) in [4.78, 5) is 12.0. The van der Waals surface area contributed by atoms with Crippen molar-refractivity contribution in [3.05, 3.63) is 35.4 Å². The van der Waals surface area contributed by atoms with E-state index in [1.807, 2.05) is 6.92 Å². The van der Waals surface area contributed by atoms with E-state index >= 15 is 0 Å². The molecule has 19 heavy (non-hydrogen) atoms. The van der Waals surface area contributed by atoms with Crippen LogP contribution in [0.25, 0.3) is 0 Å². The van der Waals surface area contributed by atoms with E-state index < -0.39 is 17.6 Å². The fourth-order valence-electron chi connectivity index (χ4n) is 1.68. The molecule has 104 valence electrons. The molecule has 1 aromatic carbocycles. The van der Waals surface area contributed by atoms with Gasteiger partial charge in [-0.05, 0) is 24.6 Å². The summed E-state index contributed by atoms with van der Waals surface area (Å²) in [5, 5.41) is 2.52. The summed E-state index contributed by atoms with van der Waals surface area (Å²) >= 11 is 4.82. The number of halogens is 2. The molecule has 0 aromatic heterocycles. The maximum absolute atomic E-state index is 13.4. The van der Waals surface area contributed by atoms with Gasteiger partial charge < -0.3 is 11.1 Å². The maximum Gasteiger partial charge on any atom is 0.230 e. The fourth-order valence-corrected chi connectivity index (χ4v) is 1.90. The molecule has 1 unspecified atom stereocenters. The number of benzene rings is 1. The van der Waals surface area contributed by atoms with E-state index in [2.05, 4.69) is 5.32 Å². The first-order chi connectivity index (χ1) is 8.95. The van der Waals surface area contributed by atoms with Crippen LogP contribution in [0.15, 0.2) is 18.2 Å². The Kier molecular flexibility index (Phi) is 5.82. The van der Waals surface area contributed by atoms with Crippen molar-refractivity contribution in [2.75, 3.05) is 0 Å². The third-order valence-corrected chi connectivity index (χ3v) is 2.98. The van der Waals surface area contributed by atoms with Gasteiger partial charge in [-0.2, -0.15) is 0 Å². The number of nitrogens with two attached hydrogens (primary N) is 1. The number of nitrogens with one attached hydrogen (secondary N) is 1. The van der Waals surface area contributed by atoms with Gasteiger partial charge >= 0.3 is 0 Å². The topological polar surface area (TPSA) is 55.1 Å². The van der Waals surface area contributed by atoms with Gasteiger partial charge in [0.05, 0.1) is 10.9 Å². The standard InChI is InChI=1S/C13H16F2N2OS/c1-2-3-10(12(16)19)13(18)17-7-8-6-9(14)4-5-11(8)15/h4-6,10H,2-3,7H2,1H3,(H2,16,19)(H,17,18). The number of thiocarbonyl (C=S) groups is 1. The molecule has 0 radical (unpaired) electrons. The summed E-state index contributed by atoms with van der Waals surface area (Å²) in [7, 11) is 0. The van der Waals surface area contributed by atoms with Gasteiger partial charge in [-0.3, -0.25) is 4.79 Å². The molecule has 0 saturated heterocycles. The van der Waals surface area contributed by atoms with Crippen LogP contribution in [0.2, 0.25) is 0 Å². The highest BCUT2D eigenvalue weighted by atomic mass is 32.1. The van der Waals surface area contributed by atoms with Gasteiger partial charge in [-0.1, -0.05) is 25.6 Å². The highest BCUT2D eigenvalue weighted by Gasteiger charge is 2.20. The first-order valence-corrected chi connectivity index (χ1v) is 6.37. The van der Waals surface area contributed by atoms with Crippen molar-refractivity contribution < 1.29 is 13.6 Å². The molecule has 6 heteroatoms. The summed E-state index contributed by atoms with van der Waals surface area (Å²) in [5.41, 5.74) is 5.57. The molecule has 1 atom stereocenters. The minimum atomic E-state index is -0.573. The number of hydrogen-bond donors (Lipinski definition) is 2. The predicted molar refractivity (Wildman–Crippen MR) is 73.4 cm³/mol. The zero-order chi connectivity index (χ0) is 14.4. The van der Waals surface area contributed by atoms with Crippen molar-refractivity contribution in [3.8, 4) is 0 Å². The molecule has 0 bridgehead atoms. The molecule has 0 spiro atoms. The predicted octanol–water partition coefficient (Wildman–Crippen LogP) is 2.28. The monoisotopic (exact) mass is 286 g/mol. The van der Waals surface area contributed by atoms with Crippen LogP contribution >= 0.6 is 12.2 Å². The summed E-state index contributed by atoms with van der Waals surface area (Å²) in [5.74, 6) is -2.05. The van der Waals surface area contributed by atoms with Crippen LogP contribution in [0.3, 0.4) is 0 Å². The highest BCUT2D eigenvalue weighted by Crippen LogP contribution is 2.11. The van der Waals surface area contributed by atoms with E-state index in [1.54, 1.807) is 0 Å². The van der Waals surface area contributed by atoms with Crippen LogP contribution in [-0.2, 0) is 11.3 Å². The molecule has 3 nitrogen and oxygen atoms in total. The zero-order valence-corrected chi connectivity index (χ0v) is 11.4. The average Bonchev–Trinajstić information content (AvgIpc) is 2.36. The van der Waals surface area contributed by atoms with Gasteiger partial charge in [0.1, 0.15) is 11.6 Å². The largest absolute Gasteiger partial charge is 0.393 e. The Morgan fingerprint density at radius 1 is 1.47 bits per heavy atom. The van der Waals surface area contributed by atoms with E-state index in [1.165, 1.54) is 0 Å². The van der Waals surface area contributed by atoms with E-state index in [0.29, 0.717) is 6.42 Å². The van der Waals surface area contributed by atoms with Crippen molar-refractivity contribution in [2.24, 2.45) is 11.7 Å². The molecule has 0 fully saturated rings. The summed E-state index contributed by atoms with van der Waals surface area (Å²) in [6.45, 7) is 1.82. The van der Waals surface area contributed by atoms with Crippen LogP contribution in [-0.4, -0.2) is 10.9 Å². The van der Waals surface area contributed by atoms with E-state index in [4.69, 9.17) is 18.0 Å². The molecule has 3 N–H and O–H groups in total. The lowest BCUT2D eigenvalue weighted by Gasteiger charge is -2.14. The highest BCUT2D eigenvalue weighted by molar-refractivity contribution is 7.80. The molecule has 0 aliphatic heterocycles. The van der Waals surface area contributed by atoms with Crippen molar-refractivity contribution in [2.45, 2.75) is 26.3 Å². The number of hydrogen-bond acceptors (Lipinski definition) is 2. The van der Waals surface area contributed by atoms with E-state index in [-0.39, 0.29) is 23.0 Å². The van der Waals surface area contributed by atoms with Crippen molar-refractivity contribution in [1.29, 1.82) is 0 Å².